The van der Waals surface area contributed by atoms with Crippen molar-refractivity contribution in [2.75, 3.05) is 26.2 Å². The monoisotopic (exact) mass is 365 g/mol. The Hall–Kier alpha value is -2.17. The lowest BCUT2D eigenvalue weighted by Gasteiger charge is -2.27. The number of nitrogens with zero attached hydrogens (tertiary/aromatic N) is 3. The van der Waals surface area contributed by atoms with E-state index < -0.39 is 0 Å². The summed E-state index contributed by atoms with van der Waals surface area (Å²) in [5.74, 6) is 0. The molecule has 4 nitrogen and oxygen atoms in total. The van der Waals surface area contributed by atoms with Crippen molar-refractivity contribution in [1.82, 2.24) is 9.80 Å². The van der Waals surface area contributed by atoms with Gasteiger partial charge in [-0.3, -0.25) is 4.90 Å². The summed E-state index contributed by atoms with van der Waals surface area (Å²) in [6.45, 7) is 6.30. The molecule has 0 atom stereocenters. The maximum Gasteiger partial charge on any atom is 0.0596 e. The van der Waals surface area contributed by atoms with E-state index in [9.17, 15) is 0 Å². The summed E-state index contributed by atoms with van der Waals surface area (Å²) in [6.07, 6.45) is 4.23. The van der Waals surface area contributed by atoms with E-state index >= 15 is 0 Å². The third kappa shape index (κ3) is 6.81. The second-order valence-corrected chi connectivity index (χ2v) is 7.40. The van der Waals surface area contributed by atoms with Gasteiger partial charge in [0.25, 0.3) is 0 Å². The summed E-state index contributed by atoms with van der Waals surface area (Å²) in [7, 11) is 0. The molecule has 1 aliphatic heterocycles. The Morgan fingerprint density at radius 2 is 1.37 bits per heavy atom. The molecule has 1 fully saturated rings. The third-order valence-corrected chi connectivity index (χ3v) is 5.27. The van der Waals surface area contributed by atoms with Crippen LogP contribution in [0.1, 0.15) is 36.8 Å². The van der Waals surface area contributed by atoms with E-state index in [2.05, 4.69) is 75.6 Å². The van der Waals surface area contributed by atoms with Gasteiger partial charge in [0.1, 0.15) is 0 Å². The maximum atomic E-state index is 8.86. The van der Waals surface area contributed by atoms with Crippen LogP contribution in [-0.2, 0) is 13.1 Å². The number of unbranched alkanes of at least 4 members (excludes halogenated alkanes) is 1. The SMILES string of the molecule is ON=C1CCN(CCCCN(Cc2ccccc2)Cc2ccccc2)CC1. The zero-order chi connectivity index (χ0) is 18.7. The Balaban J connectivity index is 1.46. The Kier molecular flexibility index (Phi) is 7.87. The van der Waals surface area contributed by atoms with Crippen molar-refractivity contribution in [2.45, 2.75) is 38.8 Å². The van der Waals surface area contributed by atoms with Crippen molar-refractivity contribution in [3.63, 3.8) is 0 Å². The standard InChI is InChI=1S/C23H31N3O/c27-24-23-13-17-25(18-14-23)15-7-8-16-26(19-21-9-3-1-4-10-21)20-22-11-5-2-6-12-22/h1-6,9-12,27H,7-8,13-20H2. The number of hydrogen-bond donors (Lipinski definition) is 1. The molecule has 0 aliphatic carbocycles. The lowest BCUT2D eigenvalue weighted by Crippen LogP contribution is -2.35. The smallest absolute Gasteiger partial charge is 0.0596 e. The molecular weight excluding hydrogens is 334 g/mol. The average Bonchev–Trinajstić information content (AvgIpc) is 2.73. The number of hydrogen-bond acceptors (Lipinski definition) is 4. The molecule has 0 saturated carbocycles. The average molecular weight is 366 g/mol. The molecule has 1 N–H and O–H groups in total. The zero-order valence-electron chi connectivity index (χ0n) is 16.1. The fourth-order valence-electron chi connectivity index (χ4n) is 3.70. The highest BCUT2D eigenvalue weighted by Gasteiger charge is 2.15. The molecule has 0 spiro atoms. The minimum atomic E-state index is 0.907. The summed E-state index contributed by atoms with van der Waals surface area (Å²) < 4.78 is 0. The number of oxime groups is 1. The van der Waals surface area contributed by atoms with Crippen molar-refractivity contribution < 1.29 is 5.21 Å². The molecule has 2 aromatic rings. The van der Waals surface area contributed by atoms with Crippen LogP contribution in [0.3, 0.4) is 0 Å². The van der Waals surface area contributed by atoms with Crippen molar-refractivity contribution in [3.05, 3.63) is 71.8 Å². The fourth-order valence-corrected chi connectivity index (χ4v) is 3.70. The van der Waals surface area contributed by atoms with Crippen LogP contribution in [0.25, 0.3) is 0 Å². The van der Waals surface area contributed by atoms with Gasteiger partial charge in [-0.25, -0.2) is 0 Å². The predicted octanol–water partition coefficient (Wildman–Crippen LogP) is 4.40. The molecule has 0 amide bonds. The van der Waals surface area contributed by atoms with Crippen LogP contribution in [0, 0.1) is 0 Å². The van der Waals surface area contributed by atoms with Gasteiger partial charge < -0.3 is 10.1 Å². The first-order valence-corrected chi connectivity index (χ1v) is 10.1. The number of benzene rings is 2. The molecule has 3 rings (SSSR count). The van der Waals surface area contributed by atoms with Crippen molar-refractivity contribution >= 4 is 5.71 Å². The lowest BCUT2D eigenvalue weighted by molar-refractivity contribution is 0.228. The first-order valence-electron chi connectivity index (χ1n) is 10.1. The predicted molar refractivity (Wildman–Crippen MR) is 111 cm³/mol. The Labute approximate surface area is 163 Å². The van der Waals surface area contributed by atoms with E-state index in [4.69, 9.17) is 5.21 Å². The van der Waals surface area contributed by atoms with E-state index in [1.807, 2.05) is 0 Å². The van der Waals surface area contributed by atoms with Gasteiger partial charge in [-0.2, -0.15) is 0 Å². The van der Waals surface area contributed by atoms with Crippen LogP contribution in [0.2, 0.25) is 0 Å². The molecule has 0 bridgehead atoms. The first kappa shape index (κ1) is 19.6. The molecule has 27 heavy (non-hydrogen) atoms. The second kappa shape index (κ2) is 10.9. The molecule has 2 aromatic carbocycles. The molecule has 1 aliphatic rings. The van der Waals surface area contributed by atoms with Crippen LogP contribution in [-0.4, -0.2) is 46.9 Å². The van der Waals surface area contributed by atoms with Crippen LogP contribution < -0.4 is 0 Å². The highest BCUT2D eigenvalue weighted by atomic mass is 16.4. The maximum absolute atomic E-state index is 8.86. The van der Waals surface area contributed by atoms with Gasteiger partial charge in [0, 0.05) is 39.0 Å². The van der Waals surface area contributed by atoms with Gasteiger partial charge in [-0.1, -0.05) is 65.8 Å². The Morgan fingerprint density at radius 1 is 0.815 bits per heavy atom. The fraction of sp³-hybridized carbons (Fsp3) is 0.435. The molecule has 0 aromatic heterocycles. The van der Waals surface area contributed by atoms with E-state index in [0.717, 1.165) is 57.8 Å². The van der Waals surface area contributed by atoms with Gasteiger partial charge in [-0.15, -0.1) is 0 Å². The molecule has 144 valence electrons. The van der Waals surface area contributed by atoms with Crippen molar-refractivity contribution in [3.8, 4) is 0 Å². The van der Waals surface area contributed by atoms with Crippen molar-refractivity contribution in [1.29, 1.82) is 0 Å². The highest BCUT2D eigenvalue weighted by molar-refractivity contribution is 5.84. The molecule has 0 unspecified atom stereocenters. The molecule has 4 heteroatoms. The quantitative estimate of drug-likeness (QED) is 0.407. The molecular formula is C23H31N3O. The molecule has 0 radical (unpaired) electrons. The van der Waals surface area contributed by atoms with Gasteiger partial charge >= 0.3 is 0 Å². The minimum absolute atomic E-state index is 0.907. The van der Waals surface area contributed by atoms with Gasteiger partial charge in [0.05, 0.1) is 5.71 Å². The van der Waals surface area contributed by atoms with E-state index in [-0.39, 0.29) is 0 Å². The topological polar surface area (TPSA) is 39.1 Å². The van der Waals surface area contributed by atoms with Gasteiger partial charge in [-0.05, 0) is 37.1 Å². The third-order valence-electron chi connectivity index (χ3n) is 5.27. The largest absolute Gasteiger partial charge is 0.411 e. The van der Waals surface area contributed by atoms with Crippen molar-refractivity contribution in [2.24, 2.45) is 5.16 Å². The first-order chi connectivity index (χ1) is 13.3. The van der Waals surface area contributed by atoms with Crippen LogP contribution in [0.15, 0.2) is 65.8 Å². The van der Waals surface area contributed by atoms with E-state index in [1.165, 1.54) is 24.0 Å². The van der Waals surface area contributed by atoms with E-state index in [1.54, 1.807) is 0 Å². The Bertz CT molecular complexity index is 636. The summed E-state index contributed by atoms with van der Waals surface area (Å²) >= 11 is 0. The number of likely N-dealkylation sites (tertiary alicyclic amines) is 1. The second-order valence-electron chi connectivity index (χ2n) is 7.40. The zero-order valence-corrected chi connectivity index (χ0v) is 16.1. The number of rotatable bonds is 9. The highest BCUT2D eigenvalue weighted by Crippen LogP contribution is 2.12. The summed E-state index contributed by atoms with van der Waals surface area (Å²) in [6, 6.07) is 21.5. The molecule has 1 saturated heterocycles. The van der Waals surface area contributed by atoms with E-state index in [0.29, 0.717) is 0 Å². The summed E-state index contributed by atoms with van der Waals surface area (Å²) in [5.41, 5.74) is 3.70. The normalized spacial score (nSPS) is 15.2. The lowest BCUT2D eigenvalue weighted by atomic mass is 10.1. The van der Waals surface area contributed by atoms with Gasteiger partial charge in [0.2, 0.25) is 0 Å². The van der Waals surface area contributed by atoms with Crippen LogP contribution in [0.5, 0.6) is 0 Å². The van der Waals surface area contributed by atoms with Gasteiger partial charge in [0.15, 0.2) is 0 Å². The molecule has 1 heterocycles. The Morgan fingerprint density at radius 3 is 1.89 bits per heavy atom. The van der Waals surface area contributed by atoms with Crippen LogP contribution >= 0.6 is 0 Å². The number of piperidine rings is 1. The summed E-state index contributed by atoms with van der Waals surface area (Å²) in [4.78, 5) is 5.05. The minimum Gasteiger partial charge on any atom is -0.411 e. The van der Waals surface area contributed by atoms with Crippen LogP contribution in [0.4, 0.5) is 0 Å². The summed E-state index contributed by atoms with van der Waals surface area (Å²) in [5, 5.41) is 12.2.